The van der Waals surface area contributed by atoms with Gasteiger partial charge in [-0.05, 0) is 55.2 Å². The Kier molecular flexibility index (Phi) is 10.0. The number of hydrogen-bond donors (Lipinski definition) is 2. The van der Waals surface area contributed by atoms with Gasteiger partial charge in [0.25, 0.3) is 5.19 Å². The molecule has 1 amide bonds. The van der Waals surface area contributed by atoms with Crippen LogP contribution in [0.1, 0.15) is 40.8 Å². The van der Waals surface area contributed by atoms with E-state index in [0.717, 1.165) is 11.3 Å². The van der Waals surface area contributed by atoms with Crippen LogP contribution < -0.4 is 15.7 Å². The van der Waals surface area contributed by atoms with Crippen LogP contribution in [-0.2, 0) is 11.2 Å². The fourth-order valence-electron chi connectivity index (χ4n) is 3.89. The summed E-state index contributed by atoms with van der Waals surface area (Å²) in [7, 11) is 1.26. The van der Waals surface area contributed by atoms with Crippen LogP contribution >= 0.6 is 11.3 Å². The van der Waals surface area contributed by atoms with Crippen molar-refractivity contribution in [3.8, 4) is 27.8 Å². The van der Waals surface area contributed by atoms with Crippen LogP contribution in [0.2, 0.25) is 0 Å². The third-order valence-electron chi connectivity index (χ3n) is 5.95. The predicted octanol–water partition coefficient (Wildman–Crippen LogP) is 6.88. The minimum absolute atomic E-state index is 0.178. The van der Waals surface area contributed by atoms with Crippen LogP contribution in [0.3, 0.4) is 0 Å². The molecule has 2 N–H and O–H groups in total. The first-order valence-corrected chi connectivity index (χ1v) is 13.6. The van der Waals surface area contributed by atoms with Crippen LogP contribution in [0.4, 0.5) is 9.18 Å². The molecule has 2 aromatic heterocycles. The molecule has 0 aliphatic rings. The average molecular weight is 591 g/mol. The highest BCUT2D eigenvalue weighted by Crippen LogP contribution is 2.32. The molecule has 0 saturated carbocycles. The number of halogens is 1. The third kappa shape index (κ3) is 7.79. The predicted molar refractivity (Wildman–Crippen MR) is 156 cm³/mol. The Morgan fingerprint density at radius 1 is 1.17 bits per heavy atom. The summed E-state index contributed by atoms with van der Waals surface area (Å²) >= 11 is 1.15. The molecule has 0 spiro atoms. The van der Waals surface area contributed by atoms with E-state index in [4.69, 9.17) is 9.15 Å². The van der Waals surface area contributed by atoms with E-state index in [0.29, 0.717) is 41.0 Å². The molecule has 42 heavy (non-hydrogen) atoms. The normalized spacial score (nSPS) is 11.5. The number of amides is 1. The molecule has 0 aliphatic heterocycles. The molecule has 0 aliphatic carbocycles. The van der Waals surface area contributed by atoms with Gasteiger partial charge in [0.15, 0.2) is 5.78 Å². The van der Waals surface area contributed by atoms with E-state index in [1.54, 1.807) is 24.3 Å². The number of allylic oxidation sites excluding steroid dienone is 2. The summed E-state index contributed by atoms with van der Waals surface area (Å²) in [4.78, 5) is 41.3. The largest absolute Gasteiger partial charge is 0.507 e. The van der Waals surface area contributed by atoms with E-state index in [2.05, 4.69) is 15.0 Å². The number of aromatic nitrogens is 1. The van der Waals surface area contributed by atoms with Crippen molar-refractivity contribution in [3.05, 3.63) is 111 Å². The molecule has 0 bridgehead atoms. The zero-order valence-electron chi connectivity index (χ0n) is 22.8. The van der Waals surface area contributed by atoms with E-state index in [1.165, 1.54) is 50.7 Å². The number of unbranched alkanes of at least 4 members (excludes halogenated alkanes) is 1. The molecule has 0 unspecified atom stereocenters. The zero-order valence-corrected chi connectivity index (χ0v) is 23.6. The first kappa shape index (κ1) is 29.9. The molecule has 11 heteroatoms. The molecular formula is C31H27FN2O7S. The van der Waals surface area contributed by atoms with E-state index in [1.807, 2.05) is 18.2 Å². The van der Waals surface area contributed by atoms with Crippen molar-refractivity contribution in [1.29, 1.82) is 0 Å². The number of methoxy groups -OCH3 is 1. The first-order chi connectivity index (χ1) is 20.2. The summed E-state index contributed by atoms with van der Waals surface area (Å²) < 4.78 is 29.9. The molecule has 0 fully saturated rings. The number of nitrogens with zero attached hydrogens (tertiary/aromatic N) is 1. The number of carbonyl (C=O) groups is 2. The molecule has 2 heterocycles. The van der Waals surface area contributed by atoms with Gasteiger partial charge in [-0.25, -0.2) is 19.0 Å². The van der Waals surface area contributed by atoms with Gasteiger partial charge in [0.05, 0.1) is 12.0 Å². The number of ketones is 1. The summed E-state index contributed by atoms with van der Waals surface area (Å²) in [6, 6.07) is 14.7. The molecule has 0 atom stereocenters. The number of hydrogen-bond acceptors (Lipinski definition) is 9. The number of Topliss-reactive ketones (excluding diaryl/α,β-unsaturated/α-hetero) is 1. The first-order valence-electron chi connectivity index (χ1n) is 12.8. The Bertz CT molecular complexity index is 1690. The quantitative estimate of drug-likeness (QED) is 0.110. The highest BCUT2D eigenvalue weighted by molar-refractivity contribution is 7.14. The number of benzene rings is 2. The fourth-order valence-corrected chi connectivity index (χ4v) is 4.68. The molecule has 216 valence electrons. The van der Waals surface area contributed by atoms with Gasteiger partial charge >= 0.3 is 11.7 Å². The number of aromatic hydroxyl groups is 1. The number of thiazole rings is 1. The van der Waals surface area contributed by atoms with E-state index in [-0.39, 0.29) is 22.3 Å². The van der Waals surface area contributed by atoms with E-state index >= 15 is 0 Å². The number of aryl methyl sites for hydroxylation is 1. The van der Waals surface area contributed by atoms with Crippen molar-refractivity contribution in [3.63, 3.8) is 0 Å². The smallest absolute Gasteiger partial charge is 0.410 e. The Morgan fingerprint density at radius 3 is 2.69 bits per heavy atom. The Hall–Kier alpha value is -5.03. The van der Waals surface area contributed by atoms with E-state index < -0.39 is 28.8 Å². The molecule has 4 aromatic rings. The maximum atomic E-state index is 14.4. The van der Waals surface area contributed by atoms with Gasteiger partial charge in [0.1, 0.15) is 28.6 Å². The van der Waals surface area contributed by atoms with Crippen molar-refractivity contribution in [1.82, 2.24) is 10.3 Å². The second-order valence-corrected chi connectivity index (χ2v) is 10.0. The Morgan fingerprint density at radius 2 is 1.95 bits per heavy atom. The monoisotopic (exact) mass is 590 g/mol. The van der Waals surface area contributed by atoms with Crippen LogP contribution in [0.25, 0.3) is 17.2 Å². The van der Waals surface area contributed by atoms with Gasteiger partial charge in [0.2, 0.25) is 0 Å². The van der Waals surface area contributed by atoms with Crippen LogP contribution in [0.5, 0.6) is 16.7 Å². The lowest BCUT2D eigenvalue weighted by molar-refractivity contribution is 0.102. The summed E-state index contributed by atoms with van der Waals surface area (Å²) in [5.41, 5.74) is -0.127. The van der Waals surface area contributed by atoms with Crippen LogP contribution in [0.15, 0.2) is 87.9 Å². The minimum atomic E-state index is -0.940. The van der Waals surface area contributed by atoms with Gasteiger partial charge < -0.3 is 19.0 Å². The number of rotatable bonds is 11. The lowest BCUT2D eigenvalue weighted by Gasteiger charge is -2.07. The Balaban J connectivity index is 1.40. The van der Waals surface area contributed by atoms with E-state index in [9.17, 15) is 23.9 Å². The maximum Gasteiger partial charge on any atom is 0.410 e. The molecule has 0 saturated heterocycles. The topological polar surface area (TPSA) is 128 Å². The minimum Gasteiger partial charge on any atom is -0.507 e. The number of ether oxygens (including phenoxy) is 2. The van der Waals surface area contributed by atoms with Gasteiger partial charge in [-0.15, -0.1) is 0 Å². The average Bonchev–Trinajstić information content (AvgIpc) is 3.42. The lowest BCUT2D eigenvalue weighted by atomic mass is 10.0. The van der Waals surface area contributed by atoms with Gasteiger partial charge in [-0.2, -0.15) is 0 Å². The van der Waals surface area contributed by atoms with Gasteiger partial charge in [-0.1, -0.05) is 47.7 Å². The number of carbonyl (C=O) groups excluding carboxylic acids is 2. The van der Waals surface area contributed by atoms with Crippen molar-refractivity contribution in [2.75, 3.05) is 7.11 Å². The Labute approximate surface area is 244 Å². The van der Waals surface area contributed by atoms with Gasteiger partial charge in [-0.3, -0.25) is 10.1 Å². The van der Waals surface area contributed by atoms with Crippen LogP contribution in [0, 0.1) is 5.82 Å². The highest BCUT2D eigenvalue weighted by atomic mass is 32.1. The number of alkyl carbamates (subject to hydrolysis) is 1. The van der Waals surface area contributed by atoms with Crippen molar-refractivity contribution >= 4 is 29.3 Å². The lowest BCUT2D eigenvalue weighted by Crippen LogP contribution is -2.16. The summed E-state index contributed by atoms with van der Waals surface area (Å²) in [5, 5.41) is 13.1. The molecule has 9 nitrogen and oxygen atoms in total. The molecule has 2 aromatic carbocycles. The molecule has 4 rings (SSSR count). The van der Waals surface area contributed by atoms with Crippen molar-refractivity contribution in [2.24, 2.45) is 0 Å². The maximum absolute atomic E-state index is 14.4. The SMILES string of the molecule is COC(=O)N/C=C/CCCc1cc(O)c(C(=O)C(C)=Cc2cnc(Oc3ccc(F)c(-c4ccccc4)c3)s2)c(=O)o1. The van der Waals surface area contributed by atoms with Gasteiger partial charge in [0, 0.05) is 30.4 Å². The number of nitrogens with one attached hydrogen (secondary N) is 1. The highest BCUT2D eigenvalue weighted by Gasteiger charge is 2.21. The standard InChI is InChI=1S/C31H27FN2O7S/c1-19(28(36)27-26(35)17-21(40-29(27)37)11-7-4-8-14-33-30(38)39-2)15-23-18-34-31(42-23)41-22-12-13-25(32)24(16-22)20-9-5-3-6-10-20/h3,5-6,8-10,12-18,35H,4,7,11H2,1-2H3,(H,33,38)/b14-8+,19-15?. The zero-order chi connectivity index (χ0) is 30.1. The summed E-state index contributed by atoms with van der Waals surface area (Å²) in [6.45, 7) is 1.51. The fraction of sp³-hybridized carbons (Fsp3) is 0.161. The molecule has 0 radical (unpaired) electrons. The second kappa shape index (κ2) is 14.0. The second-order valence-electron chi connectivity index (χ2n) is 8.99. The molecular weight excluding hydrogens is 563 g/mol. The van der Waals surface area contributed by atoms with Crippen LogP contribution in [-0.4, -0.2) is 29.1 Å². The third-order valence-corrected chi connectivity index (χ3v) is 6.78. The van der Waals surface area contributed by atoms with Crippen molar-refractivity contribution < 1.29 is 33.0 Å². The van der Waals surface area contributed by atoms with Crippen molar-refractivity contribution in [2.45, 2.75) is 26.2 Å². The summed E-state index contributed by atoms with van der Waals surface area (Å²) in [6.07, 6.45) is 7.05. The summed E-state index contributed by atoms with van der Waals surface area (Å²) in [5.74, 6) is -0.921.